The molecule has 2 fully saturated rings. The van der Waals surface area contributed by atoms with Crippen molar-refractivity contribution in [2.75, 3.05) is 42.5 Å². The zero-order valence-electron chi connectivity index (χ0n) is 22.0. The van der Waals surface area contributed by atoms with Crippen molar-refractivity contribution >= 4 is 51.8 Å². The molecule has 0 saturated carbocycles. The number of piperazine rings is 1. The van der Waals surface area contributed by atoms with E-state index in [2.05, 4.69) is 17.9 Å². The summed E-state index contributed by atoms with van der Waals surface area (Å²) < 4.78 is 16.5. The molecule has 38 heavy (non-hydrogen) atoms. The summed E-state index contributed by atoms with van der Waals surface area (Å²) in [5.41, 5.74) is 1.51. The molecule has 1 aromatic carbocycles. The lowest BCUT2D eigenvalue weighted by molar-refractivity contribution is -0.122. The first kappa shape index (κ1) is 27.9. The number of thiocarbonyl (C=S) groups is 1. The van der Waals surface area contributed by atoms with Gasteiger partial charge in [0.15, 0.2) is 0 Å². The SMILES string of the molecule is CCCCCN1C(=O)C(=Cc2c(C)c(C#N)c(=O)n(CC)c2N2CCN(c3ccccc3F)CC2)SC1=S. The van der Waals surface area contributed by atoms with E-state index in [4.69, 9.17) is 12.2 Å². The highest BCUT2D eigenvalue weighted by molar-refractivity contribution is 8.26. The van der Waals surface area contributed by atoms with Crippen LogP contribution in [0.3, 0.4) is 0 Å². The van der Waals surface area contributed by atoms with Gasteiger partial charge in [0, 0.05) is 44.8 Å². The van der Waals surface area contributed by atoms with Crippen molar-refractivity contribution in [1.29, 1.82) is 5.26 Å². The number of hydrogen-bond donors (Lipinski definition) is 0. The number of nitrogens with zero attached hydrogens (tertiary/aromatic N) is 5. The van der Waals surface area contributed by atoms with Gasteiger partial charge in [0.05, 0.1) is 10.6 Å². The smallest absolute Gasteiger partial charge is 0.270 e. The van der Waals surface area contributed by atoms with Gasteiger partial charge in [0.1, 0.15) is 27.6 Å². The molecule has 0 bridgehead atoms. The van der Waals surface area contributed by atoms with Crippen LogP contribution >= 0.6 is 24.0 Å². The van der Waals surface area contributed by atoms with Gasteiger partial charge in [-0.15, -0.1) is 0 Å². The first-order valence-electron chi connectivity index (χ1n) is 13.0. The Labute approximate surface area is 232 Å². The molecule has 0 atom stereocenters. The molecule has 3 heterocycles. The number of anilines is 2. The molecule has 0 unspecified atom stereocenters. The molecule has 4 rings (SSSR count). The van der Waals surface area contributed by atoms with Crippen LogP contribution in [0.4, 0.5) is 15.9 Å². The monoisotopic (exact) mass is 553 g/mol. The molecule has 200 valence electrons. The number of hydrogen-bond acceptors (Lipinski definition) is 7. The molecule has 2 aromatic rings. The van der Waals surface area contributed by atoms with Crippen LogP contribution in [-0.2, 0) is 11.3 Å². The second-order valence-corrected chi connectivity index (χ2v) is 11.0. The maximum absolute atomic E-state index is 14.4. The number of unbranched alkanes of at least 4 members (excludes halogenated alkanes) is 2. The number of carbonyl (C=O) groups is 1. The van der Waals surface area contributed by atoms with Crippen molar-refractivity contribution in [2.45, 2.75) is 46.6 Å². The molecule has 1 amide bonds. The van der Waals surface area contributed by atoms with Crippen molar-refractivity contribution in [3.63, 3.8) is 0 Å². The average Bonchev–Trinajstić information content (AvgIpc) is 3.18. The zero-order valence-corrected chi connectivity index (χ0v) is 23.6. The van der Waals surface area contributed by atoms with Crippen LogP contribution in [0, 0.1) is 24.1 Å². The quantitative estimate of drug-likeness (QED) is 0.261. The third-order valence-corrected chi connectivity index (χ3v) is 8.45. The van der Waals surface area contributed by atoms with Crippen LogP contribution in [0.1, 0.15) is 49.8 Å². The summed E-state index contributed by atoms with van der Waals surface area (Å²) in [5, 5.41) is 9.81. The Morgan fingerprint density at radius 3 is 2.42 bits per heavy atom. The minimum Gasteiger partial charge on any atom is -0.366 e. The van der Waals surface area contributed by atoms with E-state index in [0.717, 1.165) is 19.3 Å². The van der Waals surface area contributed by atoms with Crippen molar-refractivity contribution in [2.24, 2.45) is 0 Å². The number of thioether (sulfide) groups is 1. The molecule has 2 saturated heterocycles. The second kappa shape index (κ2) is 12.1. The summed E-state index contributed by atoms with van der Waals surface area (Å²) in [5.74, 6) is 0.277. The van der Waals surface area contributed by atoms with E-state index in [-0.39, 0.29) is 22.8 Å². The second-order valence-electron chi connectivity index (χ2n) is 9.36. The lowest BCUT2D eigenvalue weighted by Gasteiger charge is -2.39. The number of nitriles is 1. The van der Waals surface area contributed by atoms with E-state index in [1.165, 1.54) is 17.8 Å². The Morgan fingerprint density at radius 2 is 1.79 bits per heavy atom. The van der Waals surface area contributed by atoms with Crippen molar-refractivity contribution < 1.29 is 9.18 Å². The predicted molar refractivity (Wildman–Crippen MR) is 156 cm³/mol. The standard InChI is InChI=1S/C28H32FN5O2S2/c1-4-6-9-12-34-27(36)24(38-28(34)37)17-20-19(3)21(18-30)26(35)33(5-2)25(20)32-15-13-31(14-16-32)23-11-8-7-10-22(23)29/h7-8,10-11,17H,4-6,9,12-16H2,1-3H3. The Hall–Kier alpha value is -3.16. The summed E-state index contributed by atoms with van der Waals surface area (Å²) >= 11 is 6.77. The Kier molecular flexibility index (Phi) is 8.90. The fraction of sp³-hybridized carbons (Fsp3) is 0.429. The molecule has 0 radical (unpaired) electrons. The Balaban J connectivity index is 1.73. The normalized spacial score (nSPS) is 17.0. The maximum atomic E-state index is 14.4. The lowest BCUT2D eigenvalue weighted by Crippen LogP contribution is -2.49. The largest absolute Gasteiger partial charge is 0.366 e. The summed E-state index contributed by atoms with van der Waals surface area (Å²) in [6, 6.07) is 8.79. The summed E-state index contributed by atoms with van der Waals surface area (Å²) in [4.78, 5) is 32.8. The molecule has 0 N–H and O–H groups in total. The van der Waals surface area contributed by atoms with E-state index in [1.54, 1.807) is 34.6 Å². The van der Waals surface area contributed by atoms with Crippen molar-refractivity contribution in [3.8, 4) is 6.07 Å². The number of para-hydroxylation sites is 1. The van der Waals surface area contributed by atoms with Gasteiger partial charge < -0.3 is 9.80 Å². The minimum absolute atomic E-state index is 0.0743. The number of benzene rings is 1. The van der Waals surface area contributed by atoms with E-state index in [0.29, 0.717) is 71.1 Å². The highest BCUT2D eigenvalue weighted by Crippen LogP contribution is 2.36. The third kappa shape index (κ3) is 5.36. The molecular weight excluding hydrogens is 521 g/mol. The van der Waals surface area contributed by atoms with Gasteiger partial charge in [-0.3, -0.25) is 19.1 Å². The number of amides is 1. The van der Waals surface area contributed by atoms with Gasteiger partial charge in [0.2, 0.25) is 0 Å². The molecular formula is C28H32FN5O2S2. The van der Waals surface area contributed by atoms with Crippen LogP contribution < -0.4 is 15.4 Å². The van der Waals surface area contributed by atoms with Crippen molar-refractivity contribution in [1.82, 2.24) is 9.47 Å². The number of halogens is 1. The highest BCUT2D eigenvalue weighted by atomic mass is 32.2. The molecule has 0 spiro atoms. The Bertz CT molecular complexity index is 1370. The van der Waals surface area contributed by atoms with Crippen LogP contribution in [0.2, 0.25) is 0 Å². The van der Waals surface area contributed by atoms with Crippen LogP contribution in [0.15, 0.2) is 34.0 Å². The van der Waals surface area contributed by atoms with Crippen LogP contribution in [0.25, 0.3) is 6.08 Å². The van der Waals surface area contributed by atoms with E-state index in [1.807, 2.05) is 17.9 Å². The molecule has 2 aliphatic heterocycles. The average molecular weight is 554 g/mol. The molecule has 2 aliphatic rings. The van der Waals surface area contributed by atoms with Gasteiger partial charge in [-0.05, 0) is 44.0 Å². The summed E-state index contributed by atoms with van der Waals surface area (Å²) in [7, 11) is 0. The summed E-state index contributed by atoms with van der Waals surface area (Å²) in [6.45, 7) is 8.93. The molecule has 10 heteroatoms. The predicted octanol–water partition coefficient (Wildman–Crippen LogP) is 4.91. The maximum Gasteiger partial charge on any atom is 0.270 e. The lowest BCUT2D eigenvalue weighted by atomic mass is 10.0. The summed E-state index contributed by atoms with van der Waals surface area (Å²) in [6.07, 6.45) is 4.74. The van der Waals surface area contributed by atoms with Gasteiger partial charge in [0.25, 0.3) is 11.5 Å². The first-order valence-corrected chi connectivity index (χ1v) is 14.2. The zero-order chi connectivity index (χ0) is 27.4. The first-order chi connectivity index (χ1) is 18.3. The van der Waals surface area contributed by atoms with Gasteiger partial charge in [-0.1, -0.05) is 55.9 Å². The topological polar surface area (TPSA) is 72.6 Å². The van der Waals surface area contributed by atoms with E-state index < -0.39 is 0 Å². The molecule has 0 aliphatic carbocycles. The molecule has 7 nitrogen and oxygen atoms in total. The van der Waals surface area contributed by atoms with Gasteiger partial charge in [-0.25, -0.2) is 4.39 Å². The van der Waals surface area contributed by atoms with Crippen LogP contribution in [-0.4, -0.2) is 52.4 Å². The number of rotatable bonds is 8. The minimum atomic E-state index is -0.344. The van der Waals surface area contributed by atoms with Crippen LogP contribution in [0.5, 0.6) is 0 Å². The van der Waals surface area contributed by atoms with Gasteiger partial charge >= 0.3 is 0 Å². The fourth-order valence-corrected chi connectivity index (χ4v) is 6.28. The fourth-order valence-electron chi connectivity index (χ4n) is 4.99. The number of pyridine rings is 1. The van der Waals surface area contributed by atoms with Crippen molar-refractivity contribution in [3.05, 3.63) is 62.0 Å². The highest BCUT2D eigenvalue weighted by Gasteiger charge is 2.33. The van der Waals surface area contributed by atoms with Gasteiger partial charge in [-0.2, -0.15) is 5.26 Å². The number of aromatic nitrogens is 1. The van der Waals surface area contributed by atoms with E-state index >= 15 is 0 Å². The third-order valence-electron chi connectivity index (χ3n) is 7.07. The molecule has 1 aromatic heterocycles. The number of carbonyl (C=O) groups excluding carboxylic acids is 1. The van der Waals surface area contributed by atoms with E-state index in [9.17, 15) is 19.2 Å². The Morgan fingerprint density at radius 1 is 1.11 bits per heavy atom.